The third kappa shape index (κ3) is 4.78. The summed E-state index contributed by atoms with van der Waals surface area (Å²) in [6, 6.07) is 24.6. The summed E-state index contributed by atoms with van der Waals surface area (Å²) >= 11 is 0. The monoisotopic (exact) mass is 403 g/mol. The molecular weight excluding hydrogens is 382 g/mol. The van der Waals surface area contributed by atoms with Crippen LogP contribution in [0.2, 0.25) is 0 Å². The first kappa shape index (κ1) is 19.5. The summed E-state index contributed by atoms with van der Waals surface area (Å²) < 4.78 is 16.2. The maximum absolute atomic E-state index is 12.3. The molecule has 1 heterocycles. The molecule has 3 aromatic rings. The molecular formula is C24H21NO5. The van der Waals surface area contributed by atoms with Gasteiger partial charge in [0.2, 0.25) is 6.10 Å². The number of amides is 1. The Kier molecular flexibility index (Phi) is 5.94. The van der Waals surface area contributed by atoms with Crippen molar-refractivity contribution in [3.05, 3.63) is 90.0 Å². The molecule has 152 valence electrons. The van der Waals surface area contributed by atoms with Gasteiger partial charge in [-0.25, -0.2) is 4.79 Å². The van der Waals surface area contributed by atoms with Crippen LogP contribution in [0.4, 0.5) is 5.69 Å². The van der Waals surface area contributed by atoms with Crippen molar-refractivity contribution in [3.8, 4) is 11.5 Å². The SMILES string of the molecule is O=C(COC(=O)[C@@H]1COc2ccccc2O1)Nc1ccccc1Cc1ccccc1. The van der Waals surface area contributed by atoms with Crippen molar-refractivity contribution in [2.75, 3.05) is 18.5 Å². The summed E-state index contributed by atoms with van der Waals surface area (Å²) in [7, 11) is 0. The Labute approximate surface area is 174 Å². The number of hydrogen-bond donors (Lipinski definition) is 1. The molecule has 0 aliphatic carbocycles. The van der Waals surface area contributed by atoms with Crippen LogP contribution in [0.25, 0.3) is 0 Å². The van der Waals surface area contributed by atoms with Gasteiger partial charge in [-0.2, -0.15) is 0 Å². The van der Waals surface area contributed by atoms with E-state index in [4.69, 9.17) is 14.2 Å². The van der Waals surface area contributed by atoms with E-state index in [0.29, 0.717) is 23.6 Å². The summed E-state index contributed by atoms with van der Waals surface area (Å²) in [6.45, 7) is -0.364. The minimum atomic E-state index is -0.905. The minimum absolute atomic E-state index is 0.0391. The molecule has 4 rings (SSSR count). The Hall–Kier alpha value is -3.80. The second kappa shape index (κ2) is 9.13. The topological polar surface area (TPSA) is 73.9 Å². The van der Waals surface area contributed by atoms with Crippen molar-refractivity contribution >= 4 is 17.6 Å². The zero-order chi connectivity index (χ0) is 20.8. The lowest BCUT2D eigenvalue weighted by Crippen LogP contribution is -2.39. The number of fused-ring (bicyclic) bond motifs is 1. The molecule has 30 heavy (non-hydrogen) atoms. The fourth-order valence-electron chi connectivity index (χ4n) is 3.16. The van der Waals surface area contributed by atoms with Crippen LogP contribution in [-0.2, 0) is 20.7 Å². The maximum atomic E-state index is 12.3. The van der Waals surface area contributed by atoms with E-state index in [1.165, 1.54) is 0 Å². The molecule has 3 aromatic carbocycles. The van der Waals surface area contributed by atoms with Crippen LogP contribution in [0.5, 0.6) is 11.5 Å². The van der Waals surface area contributed by atoms with Gasteiger partial charge < -0.3 is 19.5 Å². The number of rotatable bonds is 6. The predicted octanol–water partition coefficient (Wildman–Crippen LogP) is 3.60. The number of anilines is 1. The Morgan fingerprint density at radius 3 is 2.43 bits per heavy atom. The lowest BCUT2D eigenvalue weighted by atomic mass is 10.0. The first-order valence-corrected chi connectivity index (χ1v) is 9.66. The van der Waals surface area contributed by atoms with Crippen LogP contribution < -0.4 is 14.8 Å². The number of hydrogen-bond acceptors (Lipinski definition) is 5. The van der Waals surface area contributed by atoms with E-state index in [-0.39, 0.29) is 6.61 Å². The van der Waals surface area contributed by atoms with Crippen LogP contribution in [0.15, 0.2) is 78.9 Å². The number of nitrogens with one attached hydrogen (secondary N) is 1. The van der Waals surface area contributed by atoms with Crippen LogP contribution in [0, 0.1) is 0 Å². The van der Waals surface area contributed by atoms with Crippen molar-refractivity contribution in [1.29, 1.82) is 0 Å². The molecule has 0 saturated carbocycles. The molecule has 0 fully saturated rings. The zero-order valence-electron chi connectivity index (χ0n) is 16.2. The van der Waals surface area contributed by atoms with Gasteiger partial charge in [0, 0.05) is 5.69 Å². The Morgan fingerprint density at radius 1 is 0.900 bits per heavy atom. The van der Waals surface area contributed by atoms with Gasteiger partial charge in [-0.15, -0.1) is 0 Å². The van der Waals surface area contributed by atoms with Crippen molar-refractivity contribution in [3.63, 3.8) is 0 Å². The number of benzene rings is 3. The van der Waals surface area contributed by atoms with E-state index in [9.17, 15) is 9.59 Å². The largest absolute Gasteiger partial charge is 0.485 e. The summed E-state index contributed by atoms with van der Waals surface area (Å²) in [4.78, 5) is 24.6. The highest BCUT2D eigenvalue weighted by Crippen LogP contribution is 2.31. The van der Waals surface area contributed by atoms with Crippen molar-refractivity contribution < 1.29 is 23.8 Å². The van der Waals surface area contributed by atoms with Crippen molar-refractivity contribution in [2.24, 2.45) is 0 Å². The van der Waals surface area contributed by atoms with Gasteiger partial charge in [-0.1, -0.05) is 60.7 Å². The molecule has 1 amide bonds. The molecule has 0 radical (unpaired) electrons. The number of esters is 1. The molecule has 6 nitrogen and oxygen atoms in total. The lowest BCUT2D eigenvalue weighted by molar-refractivity contribution is -0.156. The molecule has 0 saturated heterocycles. The van der Waals surface area contributed by atoms with Gasteiger partial charge in [0.25, 0.3) is 5.91 Å². The van der Waals surface area contributed by atoms with E-state index in [1.807, 2.05) is 60.7 Å². The van der Waals surface area contributed by atoms with Crippen molar-refractivity contribution in [1.82, 2.24) is 0 Å². The smallest absolute Gasteiger partial charge is 0.351 e. The van der Waals surface area contributed by atoms with Crippen LogP contribution >= 0.6 is 0 Å². The molecule has 0 spiro atoms. The third-order valence-electron chi connectivity index (χ3n) is 4.65. The molecule has 0 bridgehead atoms. The second-order valence-corrected chi connectivity index (χ2v) is 6.84. The number of carbonyl (C=O) groups excluding carboxylic acids is 2. The van der Waals surface area contributed by atoms with Gasteiger partial charge in [0.15, 0.2) is 18.1 Å². The van der Waals surface area contributed by atoms with Gasteiger partial charge in [0.1, 0.15) is 6.61 Å². The normalized spacial score (nSPS) is 14.6. The molecule has 1 aliphatic heterocycles. The molecule has 1 aliphatic rings. The van der Waals surface area contributed by atoms with Crippen LogP contribution in [-0.4, -0.2) is 31.2 Å². The average molecular weight is 403 g/mol. The summed E-state index contributed by atoms with van der Waals surface area (Å²) in [5.41, 5.74) is 2.80. The van der Waals surface area contributed by atoms with Gasteiger partial charge in [-0.05, 0) is 35.7 Å². The lowest BCUT2D eigenvalue weighted by Gasteiger charge is -2.24. The molecule has 1 atom stereocenters. The third-order valence-corrected chi connectivity index (χ3v) is 4.65. The van der Waals surface area contributed by atoms with E-state index in [2.05, 4.69) is 5.32 Å². The molecule has 6 heteroatoms. The first-order chi connectivity index (χ1) is 14.7. The summed E-state index contributed by atoms with van der Waals surface area (Å²) in [5, 5.41) is 2.82. The fourth-order valence-corrected chi connectivity index (χ4v) is 3.16. The number of para-hydroxylation sites is 3. The maximum Gasteiger partial charge on any atom is 0.351 e. The predicted molar refractivity (Wildman–Crippen MR) is 112 cm³/mol. The molecule has 0 unspecified atom stereocenters. The number of carbonyl (C=O) groups is 2. The average Bonchev–Trinajstić information content (AvgIpc) is 2.79. The highest BCUT2D eigenvalue weighted by Gasteiger charge is 2.29. The first-order valence-electron chi connectivity index (χ1n) is 9.66. The van der Waals surface area contributed by atoms with E-state index in [0.717, 1.165) is 11.1 Å². The fraction of sp³-hybridized carbons (Fsp3) is 0.167. The summed E-state index contributed by atoms with van der Waals surface area (Å²) in [6.07, 6.45) is -0.220. The molecule has 0 aromatic heterocycles. The molecule has 1 N–H and O–H groups in total. The standard InChI is InChI=1S/C24H21NO5/c26-23(16-29-24(27)22-15-28-20-12-6-7-13-21(20)30-22)25-19-11-5-4-10-18(19)14-17-8-2-1-3-9-17/h1-13,22H,14-16H2,(H,25,26)/t22-/m0/s1. The Morgan fingerprint density at radius 2 is 1.60 bits per heavy atom. The quantitative estimate of drug-likeness (QED) is 0.637. The van der Waals surface area contributed by atoms with Crippen molar-refractivity contribution in [2.45, 2.75) is 12.5 Å². The van der Waals surface area contributed by atoms with Crippen LogP contribution in [0.1, 0.15) is 11.1 Å². The van der Waals surface area contributed by atoms with Gasteiger partial charge in [0.05, 0.1) is 0 Å². The van der Waals surface area contributed by atoms with Gasteiger partial charge in [-0.3, -0.25) is 4.79 Å². The summed E-state index contributed by atoms with van der Waals surface area (Å²) in [5.74, 6) is -0.00230. The van der Waals surface area contributed by atoms with Gasteiger partial charge >= 0.3 is 5.97 Å². The van der Waals surface area contributed by atoms with E-state index < -0.39 is 24.6 Å². The second-order valence-electron chi connectivity index (χ2n) is 6.84. The highest BCUT2D eigenvalue weighted by atomic mass is 16.6. The zero-order valence-corrected chi connectivity index (χ0v) is 16.2. The van der Waals surface area contributed by atoms with E-state index >= 15 is 0 Å². The van der Waals surface area contributed by atoms with Crippen LogP contribution in [0.3, 0.4) is 0 Å². The minimum Gasteiger partial charge on any atom is -0.485 e. The Balaban J connectivity index is 1.32. The highest BCUT2D eigenvalue weighted by molar-refractivity contribution is 5.93. The van der Waals surface area contributed by atoms with E-state index in [1.54, 1.807) is 18.2 Å². The number of ether oxygens (including phenoxy) is 3. The Bertz CT molecular complexity index is 1030.